The van der Waals surface area contributed by atoms with Gasteiger partial charge in [0.1, 0.15) is 0 Å². The summed E-state index contributed by atoms with van der Waals surface area (Å²) in [6.45, 7) is 2.54. The van der Waals surface area contributed by atoms with Gasteiger partial charge in [-0.1, -0.05) is 42.5 Å². The summed E-state index contributed by atoms with van der Waals surface area (Å²) in [4.78, 5) is 26.4. The molecule has 0 spiro atoms. The molecule has 2 aromatic rings. The maximum absolute atomic E-state index is 12.5. The van der Waals surface area contributed by atoms with Crippen LogP contribution in [0.15, 0.2) is 54.6 Å². The first kappa shape index (κ1) is 16.2. The molecule has 0 aliphatic heterocycles. The van der Waals surface area contributed by atoms with Crippen molar-refractivity contribution in [2.24, 2.45) is 11.8 Å². The second-order valence-corrected chi connectivity index (χ2v) is 6.33. The van der Waals surface area contributed by atoms with Crippen molar-refractivity contribution in [1.82, 2.24) is 5.32 Å². The number of carbonyl (C=O) groups excluding carboxylic acids is 2. The standard InChI is InChI=1S/C20H22N2O2/c1-14-8-6-7-9-15(14)13-21-19(23)17-12-18(17)20(24)22(2)16-10-4-3-5-11-16/h3-11,17-18H,12-13H2,1-2H3,(H,21,23). The molecule has 0 saturated heterocycles. The number of para-hydroxylation sites is 1. The monoisotopic (exact) mass is 322 g/mol. The molecule has 1 fully saturated rings. The van der Waals surface area contributed by atoms with Gasteiger partial charge in [0.15, 0.2) is 0 Å². The van der Waals surface area contributed by atoms with Gasteiger partial charge in [-0.2, -0.15) is 0 Å². The third-order valence-electron chi connectivity index (χ3n) is 4.63. The average Bonchev–Trinajstić information content (AvgIpc) is 3.41. The fourth-order valence-corrected chi connectivity index (χ4v) is 2.91. The number of amides is 2. The van der Waals surface area contributed by atoms with Gasteiger partial charge in [0.2, 0.25) is 11.8 Å². The fraction of sp³-hybridized carbons (Fsp3) is 0.300. The van der Waals surface area contributed by atoms with Crippen LogP contribution in [0.25, 0.3) is 0 Å². The van der Waals surface area contributed by atoms with E-state index in [0.717, 1.165) is 16.8 Å². The Morgan fingerprint density at radius 2 is 1.71 bits per heavy atom. The molecule has 1 aliphatic rings. The summed E-state index contributed by atoms with van der Waals surface area (Å²) in [6.07, 6.45) is 0.635. The number of hydrogen-bond acceptors (Lipinski definition) is 2. The Labute approximate surface area is 142 Å². The van der Waals surface area contributed by atoms with E-state index < -0.39 is 0 Å². The van der Waals surface area contributed by atoms with Gasteiger partial charge in [-0.05, 0) is 36.6 Å². The molecular weight excluding hydrogens is 300 g/mol. The van der Waals surface area contributed by atoms with Crippen LogP contribution in [-0.4, -0.2) is 18.9 Å². The highest BCUT2D eigenvalue weighted by molar-refractivity contribution is 6.00. The lowest BCUT2D eigenvalue weighted by Crippen LogP contribution is -2.31. The van der Waals surface area contributed by atoms with E-state index in [0.29, 0.717) is 13.0 Å². The van der Waals surface area contributed by atoms with Crippen molar-refractivity contribution < 1.29 is 9.59 Å². The zero-order valence-electron chi connectivity index (χ0n) is 14.0. The summed E-state index contributed by atoms with van der Waals surface area (Å²) in [5.41, 5.74) is 3.12. The van der Waals surface area contributed by atoms with E-state index in [1.54, 1.807) is 11.9 Å². The van der Waals surface area contributed by atoms with Gasteiger partial charge in [0, 0.05) is 19.3 Å². The molecular formula is C20H22N2O2. The van der Waals surface area contributed by atoms with E-state index in [9.17, 15) is 9.59 Å². The first-order valence-corrected chi connectivity index (χ1v) is 8.22. The number of carbonyl (C=O) groups is 2. The normalized spacial score (nSPS) is 18.8. The Morgan fingerprint density at radius 3 is 2.42 bits per heavy atom. The Hall–Kier alpha value is -2.62. The smallest absolute Gasteiger partial charge is 0.230 e. The molecule has 2 aromatic carbocycles. The Morgan fingerprint density at radius 1 is 1.04 bits per heavy atom. The molecule has 1 saturated carbocycles. The van der Waals surface area contributed by atoms with Crippen LogP contribution in [-0.2, 0) is 16.1 Å². The van der Waals surface area contributed by atoms with E-state index in [4.69, 9.17) is 0 Å². The van der Waals surface area contributed by atoms with Crippen molar-refractivity contribution in [3.05, 3.63) is 65.7 Å². The first-order chi connectivity index (χ1) is 11.6. The molecule has 2 unspecified atom stereocenters. The second kappa shape index (κ2) is 6.87. The van der Waals surface area contributed by atoms with Crippen LogP contribution >= 0.6 is 0 Å². The molecule has 2 atom stereocenters. The number of benzene rings is 2. The van der Waals surface area contributed by atoms with Crippen molar-refractivity contribution in [3.63, 3.8) is 0 Å². The Kier molecular flexibility index (Phi) is 4.65. The van der Waals surface area contributed by atoms with E-state index in [1.165, 1.54) is 0 Å². The average molecular weight is 322 g/mol. The fourth-order valence-electron chi connectivity index (χ4n) is 2.91. The van der Waals surface area contributed by atoms with Crippen LogP contribution in [0.1, 0.15) is 17.5 Å². The van der Waals surface area contributed by atoms with Crippen LogP contribution in [0.5, 0.6) is 0 Å². The van der Waals surface area contributed by atoms with Gasteiger partial charge >= 0.3 is 0 Å². The van der Waals surface area contributed by atoms with Crippen molar-refractivity contribution >= 4 is 17.5 Å². The molecule has 4 heteroatoms. The van der Waals surface area contributed by atoms with Crippen LogP contribution in [0, 0.1) is 18.8 Å². The molecule has 3 rings (SSSR count). The number of anilines is 1. The lowest BCUT2D eigenvalue weighted by molar-refractivity contribution is -0.126. The summed E-state index contributed by atoms with van der Waals surface area (Å²) in [7, 11) is 1.76. The number of aryl methyl sites for hydroxylation is 1. The topological polar surface area (TPSA) is 49.4 Å². The summed E-state index contributed by atoms with van der Waals surface area (Å²) < 4.78 is 0. The lowest BCUT2D eigenvalue weighted by Gasteiger charge is -2.17. The van der Waals surface area contributed by atoms with Gasteiger partial charge < -0.3 is 10.2 Å². The van der Waals surface area contributed by atoms with Crippen LogP contribution in [0.4, 0.5) is 5.69 Å². The molecule has 2 amide bonds. The van der Waals surface area contributed by atoms with E-state index in [-0.39, 0.29) is 23.7 Å². The van der Waals surface area contributed by atoms with Crippen molar-refractivity contribution in [2.75, 3.05) is 11.9 Å². The number of hydrogen-bond donors (Lipinski definition) is 1. The molecule has 0 aromatic heterocycles. The van der Waals surface area contributed by atoms with Crippen LogP contribution in [0.2, 0.25) is 0 Å². The van der Waals surface area contributed by atoms with Gasteiger partial charge in [-0.15, -0.1) is 0 Å². The van der Waals surface area contributed by atoms with Gasteiger partial charge in [-0.25, -0.2) is 0 Å². The van der Waals surface area contributed by atoms with Gasteiger partial charge in [0.25, 0.3) is 0 Å². The third kappa shape index (κ3) is 3.48. The molecule has 1 N–H and O–H groups in total. The minimum Gasteiger partial charge on any atom is -0.352 e. The number of nitrogens with zero attached hydrogens (tertiary/aromatic N) is 1. The Bertz CT molecular complexity index is 742. The quantitative estimate of drug-likeness (QED) is 0.920. The maximum Gasteiger partial charge on any atom is 0.230 e. The molecule has 124 valence electrons. The number of nitrogens with one attached hydrogen (secondary N) is 1. The highest BCUT2D eigenvalue weighted by Crippen LogP contribution is 2.40. The minimum absolute atomic E-state index is 0.0113. The zero-order valence-corrected chi connectivity index (χ0v) is 14.0. The van der Waals surface area contributed by atoms with Crippen molar-refractivity contribution in [2.45, 2.75) is 19.9 Å². The molecule has 24 heavy (non-hydrogen) atoms. The largest absolute Gasteiger partial charge is 0.352 e. The SMILES string of the molecule is Cc1ccccc1CNC(=O)C1CC1C(=O)N(C)c1ccccc1. The van der Waals surface area contributed by atoms with Crippen LogP contribution in [0.3, 0.4) is 0 Å². The molecule has 0 radical (unpaired) electrons. The van der Waals surface area contributed by atoms with Crippen molar-refractivity contribution in [1.29, 1.82) is 0 Å². The summed E-state index contributed by atoms with van der Waals surface area (Å²) in [6, 6.07) is 17.5. The van der Waals surface area contributed by atoms with E-state index in [2.05, 4.69) is 5.32 Å². The molecule has 4 nitrogen and oxygen atoms in total. The Balaban J connectivity index is 1.54. The molecule has 0 heterocycles. The molecule has 1 aliphatic carbocycles. The van der Waals surface area contributed by atoms with Gasteiger partial charge in [-0.3, -0.25) is 9.59 Å². The van der Waals surface area contributed by atoms with E-state index >= 15 is 0 Å². The highest BCUT2D eigenvalue weighted by atomic mass is 16.2. The zero-order chi connectivity index (χ0) is 17.1. The highest BCUT2D eigenvalue weighted by Gasteiger charge is 2.49. The summed E-state index contributed by atoms with van der Waals surface area (Å²) in [5.74, 6) is -0.421. The van der Waals surface area contributed by atoms with Crippen LogP contribution < -0.4 is 10.2 Å². The predicted octanol–water partition coefficient (Wildman–Crippen LogP) is 2.91. The van der Waals surface area contributed by atoms with Crippen molar-refractivity contribution in [3.8, 4) is 0 Å². The lowest BCUT2D eigenvalue weighted by atomic mass is 10.1. The minimum atomic E-state index is -0.202. The second-order valence-electron chi connectivity index (χ2n) is 6.33. The summed E-state index contributed by atoms with van der Waals surface area (Å²) >= 11 is 0. The van der Waals surface area contributed by atoms with E-state index in [1.807, 2.05) is 61.5 Å². The predicted molar refractivity (Wildman–Crippen MR) is 94.5 cm³/mol. The maximum atomic E-state index is 12.5. The summed E-state index contributed by atoms with van der Waals surface area (Å²) in [5, 5.41) is 2.96. The first-order valence-electron chi connectivity index (χ1n) is 8.22. The molecule has 0 bridgehead atoms. The number of rotatable bonds is 5. The van der Waals surface area contributed by atoms with Gasteiger partial charge in [0.05, 0.1) is 11.8 Å². The third-order valence-corrected chi connectivity index (χ3v) is 4.63.